The highest BCUT2D eigenvalue weighted by Gasteiger charge is 2.05. The third-order valence-corrected chi connectivity index (χ3v) is 2.20. The van der Waals surface area contributed by atoms with Crippen LogP contribution in [0.4, 0.5) is 0 Å². The first kappa shape index (κ1) is 11.6. The Bertz CT molecular complexity index is 211. The molecule has 70 valence electrons. The number of Topliss-reactive ketones (excluding diaryl/α,β-unsaturated/α-hetero) is 1. The molecule has 0 aliphatic rings. The Kier molecular flexibility index (Phi) is 4.39. The molecule has 0 radical (unpaired) electrons. The molecule has 0 amide bonds. The third-order valence-electron chi connectivity index (χ3n) is 1.07. The first-order valence-corrected chi connectivity index (χ1v) is 5.25. The van der Waals surface area contributed by atoms with E-state index in [9.17, 15) is 9.00 Å². The maximum atomic E-state index is 11.1. The summed E-state index contributed by atoms with van der Waals surface area (Å²) in [6.45, 7) is 7.51. The van der Waals surface area contributed by atoms with Crippen molar-refractivity contribution in [2.45, 2.75) is 27.7 Å². The van der Waals surface area contributed by atoms with E-state index in [2.05, 4.69) is 0 Å². The Morgan fingerprint density at radius 3 is 2.25 bits per heavy atom. The number of hydrogen-bond donors (Lipinski definition) is 0. The van der Waals surface area contributed by atoms with E-state index in [1.165, 1.54) is 6.92 Å². The molecule has 0 saturated carbocycles. The predicted molar refractivity (Wildman–Crippen MR) is 52.3 cm³/mol. The minimum absolute atomic E-state index is 0.0342. The zero-order valence-electron chi connectivity index (χ0n) is 8.09. The summed E-state index contributed by atoms with van der Waals surface area (Å²) in [6.07, 6.45) is 1.87. The minimum Gasteiger partial charge on any atom is -0.299 e. The number of carbonyl (C=O) groups is 1. The summed E-state index contributed by atoms with van der Waals surface area (Å²) in [7, 11) is -1.13. The van der Waals surface area contributed by atoms with Gasteiger partial charge in [0.2, 0.25) is 0 Å². The molecule has 0 saturated heterocycles. The predicted octanol–water partition coefficient (Wildman–Crippen LogP) is 1.88. The molecule has 3 heteroatoms. The first-order chi connectivity index (χ1) is 5.31. The molecule has 1 atom stereocenters. The average Bonchev–Trinajstić information content (AvgIpc) is 1.80. The molecule has 0 heterocycles. The number of allylic oxidation sites excluding steroid dienone is 1. The largest absolute Gasteiger partial charge is 0.299 e. The molecular formula is C9H16O2S. The van der Waals surface area contributed by atoms with Crippen molar-refractivity contribution in [2.75, 3.05) is 5.75 Å². The first-order valence-electron chi connectivity index (χ1n) is 3.87. The van der Waals surface area contributed by atoms with Gasteiger partial charge in [-0.2, -0.15) is 0 Å². The van der Waals surface area contributed by atoms with Crippen molar-refractivity contribution in [2.24, 2.45) is 5.41 Å². The Hall–Kier alpha value is -0.440. The summed E-state index contributed by atoms with van der Waals surface area (Å²) < 4.78 is 11.1. The molecule has 2 nitrogen and oxygen atoms in total. The van der Waals surface area contributed by atoms with Crippen molar-refractivity contribution in [3.8, 4) is 0 Å². The summed E-state index contributed by atoms with van der Waals surface area (Å²) in [5, 5.41) is 1.60. The molecule has 0 aromatic carbocycles. The van der Waals surface area contributed by atoms with E-state index in [4.69, 9.17) is 0 Å². The second-order valence-electron chi connectivity index (χ2n) is 3.90. The lowest BCUT2D eigenvalue weighted by atomic mass is 9.98. The number of rotatable bonds is 3. The van der Waals surface area contributed by atoms with Crippen molar-refractivity contribution in [1.29, 1.82) is 0 Å². The van der Waals surface area contributed by atoms with Gasteiger partial charge in [-0.1, -0.05) is 26.8 Å². The number of carbonyl (C=O) groups excluding carboxylic acids is 1. The van der Waals surface area contributed by atoms with E-state index in [1.54, 1.807) is 5.41 Å². The number of ketones is 1. The summed E-state index contributed by atoms with van der Waals surface area (Å²) >= 11 is 0. The van der Waals surface area contributed by atoms with E-state index in [1.807, 2.05) is 26.8 Å². The summed E-state index contributed by atoms with van der Waals surface area (Å²) in [4.78, 5) is 10.6. The maximum Gasteiger partial charge on any atom is 0.142 e. The lowest BCUT2D eigenvalue weighted by Gasteiger charge is -2.10. The third kappa shape index (κ3) is 7.66. The normalized spacial score (nSPS) is 15.0. The fourth-order valence-corrected chi connectivity index (χ4v) is 1.59. The summed E-state index contributed by atoms with van der Waals surface area (Å²) in [6, 6.07) is 0. The lowest BCUT2D eigenvalue weighted by Crippen LogP contribution is -2.05. The van der Waals surface area contributed by atoms with Crippen LogP contribution in [-0.4, -0.2) is 15.7 Å². The standard InChI is InChI=1S/C9H16O2S/c1-8(10)7-12(11)6-5-9(2,3)4/h5-6H,7H2,1-4H3/b6-5+. The molecule has 0 bridgehead atoms. The zero-order chi connectivity index (χ0) is 9.78. The molecule has 0 aliphatic heterocycles. The number of hydrogen-bond acceptors (Lipinski definition) is 2. The molecule has 0 aliphatic carbocycles. The van der Waals surface area contributed by atoms with Gasteiger partial charge in [-0.3, -0.25) is 9.00 Å². The van der Waals surface area contributed by atoms with Gasteiger partial charge in [-0.15, -0.1) is 0 Å². The highest BCUT2D eigenvalue weighted by Crippen LogP contribution is 2.14. The van der Waals surface area contributed by atoms with Gasteiger partial charge in [0.1, 0.15) is 5.78 Å². The molecule has 0 fully saturated rings. The van der Waals surface area contributed by atoms with Crippen LogP contribution in [0.2, 0.25) is 0 Å². The van der Waals surface area contributed by atoms with Crippen LogP contribution < -0.4 is 0 Å². The molecule has 0 N–H and O–H groups in total. The Labute approximate surface area is 76.5 Å². The second kappa shape index (κ2) is 4.55. The fraction of sp³-hybridized carbons (Fsp3) is 0.667. The van der Waals surface area contributed by atoms with Gasteiger partial charge in [-0.25, -0.2) is 0 Å². The maximum absolute atomic E-state index is 11.1. The Morgan fingerprint density at radius 2 is 1.92 bits per heavy atom. The smallest absolute Gasteiger partial charge is 0.142 e. The minimum atomic E-state index is -1.13. The van der Waals surface area contributed by atoms with Crippen LogP contribution in [0.5, 0.6) is 0 Å². The molecule has 12 heavy (non-hydrogen) atoms. The van der Waals surface area contributed by atoms with E-state index in [0.29, 0.717) is 0 Å². The average molecular weight is 188 g/mol. The Morgan fingerprint density at radius 1 is 1.42 bits per heavy atom. The van der Waals surface area contributed by atoms with Gasteiger partial charge in [-0.05, 0) is 17.7 Å². The van der Waals surface area contributed by atoms with Crippen LogP contribution in [0, 0.1) is 5.41 Å². The van der Waals surface area contributed by atoms with Gasteiger partial charge in [0.25, 0.3) is 0 Å². The van der Waals surface area contributed by atoms with E-state index in [-0.39, 0.29) is 17.0 Å². The molecule has 0 aromatic heterocycles. The van der Waals surface area contributed by atoms with E-state index >= 15 is 0 Å². The lowest BCUT2D eigenvalue weighted by molar-refractivity contribution is -0.114. The van der Waals surface area contributed by atoms with Crippen molar-refractivity contribution in [3.63, 3.8) is 0 Å². The van der Waals surface area contributed by atoms with E-state index < -0.39 is 10.8 Å². The highest BCUT2D eigenvalue weighted by atomic mass is 32.2. The van der Waals surface area contributed by atoms with Gasteiger partial charge in [0.15, 0.2) is 0 Å². The molecule has 0 rings (SSSR count). The summed E-state index contributed by atoms with van der Waals surface area (Å²) in [5.74, 6) is 0.0962. The van der Waals surface area contributed by atoms with Gasteiger partial charge >= 0.3 is 0 Å². The molecule has 0 spiro atoms. The molecule has 0 aromatic rings. The summed E-state index contributed by atoms with van der Waals surface area (Å²) in [5.41, 5.74) is 0.0342. The fourth-order valence-electron chi connectivity index (χ4n) is 0.528. The van der Waals surface area contributed by atoms with Crippen molar-refractivity contribution >= 4 is 16.6 Å². The van der Waals surface area contributed by atoms with Crippen molar-refractivity contribution in [3.05, 3.63) is 11.5 Å². The van der Waals surface area contributed by atoms with Crippen molar-refractivity contribution in [1.82, 2.24) is 0 Å². The van der Waals surface area contributed by atoms with Gasteiger partial charge in [0, 0.05) is 0 Å². The van der Waals surface area contributed by atoms with Crippen LogP contribution in [0.1, 0.15) is 27.7 Å². The second-order valence-corrected chi connectivity index (χ2v) is 5.22. The Balaban J connectivity index is 4.01. The van der Waals surface area contributed by atoms with Crippen LogP contribution in [0.15, 0.2) is 11.5 Å². The quantitative estimate of drug-likeness (QED) is 0.677. The molecule has 1 unspecified atom stereocenters. The van der Waals surface area contributed by atoms with Gasteiger partial charge < -0.3 is 0 Å². The molecular weight excluding hydrogens is 172 g/mol. The highest BCUT2D eigenvalue weighted by molar-refractivity contribution is 7.88. The van der Waals surface area contributed by atoms with Crippen molar-refractivity contribution < 1.29 is 9.00 Å². The topological polar surface area (TPSA) is 34.1 Å². The van der Waals surface area contributed by atoms with Gasteiger partial charge in [0.05, 0.1) is 16.6 Å². The van der Waals surface area contributed by atoms with Crippen LogP contribution in [-0.2, 0) is 15.6 Å². The SMILES string of the molecule is CC(=O)CS(=O)/C=C/C(C)(C)C. The van der Waals surface area contributed by atoms with Crippen LogP contribution in [0.25, 0.3) is 0 Å². The van der Waals surface area contributed by atoms with E-state index in [0.717, 1.165) is 0 Å². The van der Waals surface area contributed by atoms with Crippen LogP contribution in [0.3, 0.4) is 0 Å². The van der Waals surface area contributed by atoms with Crippen LogP contribution >= 0.6 is 0 Å². The zero-order valence-corrected chi connectivity index (χ0v) is 8.90. The monoisotopic (exact) mass is 188 g/mol.